The highest BCUT2D eigenvalue weighted by atomic mass is 19.1. The van der Waals surface area contributed by atoms with E-state index in [1.807, 2.05) is 5.32 Å². The average Bonchev–Trinajstić information content (AvgIpc) is 2.82. The molecule has 16 nitrogen and oxygen atoms in total. The zero-order valence-electron chi connectivity index (χ0n) is 21.0. The Morgan fingerprint density at radius 3 is 1.54 bits per heavy atom. The van der Waals surface area contributed by atoms with Gasteiger partial charge >= 0.3 is 23.9 Å². The molecule has 0 aromatic carbocycles. The molecule has 0 fully saturated rings. The quantitative estimate of drug-likeness (QED) is 0.0924. The second-order valence-corrected chi connectivity index (χ2v) is 8.23. The minimum Gasteiger partial charge on any atom is -0.481 e. The topological polar surface area (TPSA) is 280 Å². The van der Waals surface area contributed by atoms with Gasteiger partial charge in [-0.05, 0) is 12.3 Å². The predicted molar refractivity (Wildman–Crippen MR) is 125 cm³/mol. The lowest BCUT2D eigenvalue weighted by Gasteiger charge is -2.26. The zero-order chi connectivity index (χ0) is 30.9. The summed E-state index contributed by atoms with van der Waals surface area (Å²) in [6.45, 7) is 0.614. The molecule has 0 aromatic rings. The molecule has 0 radical (unpaired) electrons. The van der Waals surface area contributed by atoms with Crippen molar-refractivity contribution in [1.82, 2.24) is 16.0 Å². The van der Waals surface area contributed by atoms with Crippen LogP contribution >= 0.6 is 0 Å². The van der Waals surface area contributed by atoms with Crippen LogP contribution in [0.15, 0.2) is 0 Å². The van der Waals surface area contributed by atoms with Crippen LogP contribution in [-0.4, -0.2) is 105 Å². The van der Waals surface area contributed by atoms with Gasteiger partial charge in [-0.25, -0.2) is 13.6 Å². The van der Waals surface area contributed by atoms with Crippen LogP contribution in [0.25, 0.3) is 0 Å². The van der Waals surface area contributed by atoms with Gasteiger partial charge in [0.1, 0.15) is 18.1 Å². The molecule has 0 unspecified atom stereocenters. The van der Waals surface area contributed by atoms with Gasteiger partial charge in [0.15, 0.2) is 19.1 Å². The molecule has 0 spiro atoms. The van der Waals surface area contributed by atoms with Crippen LogP contribution in [0, 0.1) is 5.92 Å². The number of halogens is 2. The van der Waals surface area contributed by atoms with Crippen molar-refractivity contribution in [2.75, 3.05) is 13.3 Å². The third kappa shape index (κ3) is 17.0. The molecule has 0 aliphatic heterocycles. The number of rotatable bonds is 17. The smallest absolute Gasteiger partial charge is 0.326 e. The molecule has 0 bridgehead atoms. The van der Waals surface area contributed by atoms with E-state index in [1.165, 1.54) is 13.8 Å². The Morgan fingerprint density at radius 2 is 1.18 bits per heavy atom. The van der Waals surface area contributed by atoms with Crippen molar-refractivity contribution < 1.29 is 67.6 Å². The number of nitrogens with two attached hydrogens (primary N) is 1. The molecule has 222 valence electrons. The van der Waals surface area contributed by atoms with Gasteiger partial charge in [-0.15, -0.1) is 0 Å². The van der Waals surface area contributed by atoms with Crippen molar-refractivity contribution >= 4 is 47.4 Å². The fourth-order valence-electron chi connectivity index (χ4n) is 2.56. The Hall–Kier alpha value is -4.22. The van der Waals surface area contributed by atoms with Crippen LogP contribution in [0.4, 0.5) is 8.78 Å². The number of Topliss-reactive ketones (excluding diaryl/α,β-unsaturated/α-hetero) is 1. The number of carbonyl (C=O) groups excluding carboxylic acids is 4. The van der Waals surface area contributed by atoms with E-state index in [0.717, 1.165) is 0 Å². The van der Waals surface area contributed by atoms with Crippen molar-refractivity contribution in [3.8, 4) is 0 Å². The highest BCUT2D eigenvalue weighted by Gasteiger charge is 2.33. The number of hydrogen-bond acceptors (Lipinski definition) is 9. The molecule has 0 rings (SSSR count). The molecule has 0 aromatic heterocycles. The number of amides is 3. The van der Waals surface area contributed by atoms with Gasteiger partial charge in [-0.2, -0.15) is 0 Å². The Labute approximate surface area is 220 Å². The maximum absolute atomic E-state index is 12.7. The molecular weight excluding hydrogens is 538 g/mol. The minimum absolute atomic E-state index is 0.421. The predicted octanol–water partition coefficient (Wildman–Crippen LogP) is -2.18. The number of carboxylic acids is 4. The van der Waals surface area contributed by atoms with Crippen LogP contribution in [0.2, 0.25) is 0 Å². The molecule has 9 N–H and O–H groups in total. The van der Waals surface area contributed by atoms with E-state index in [1.54, 1.807) is 0 Å². The third-order valence-electron chi connectivity index (χ3n) is 4.55. The summed E-state index contributed by atoms with van der Waals surface area (Å²) in [6.07, 6.45) is -2.66. The standard InChI is InChI=1S/C18H28N4O11.C3H4F2O/c1-7(2)14(17(31)21-10(18(32)33)6-13(27)28)22-16(30)9(3-4-11(23)24)20-15(29)8(19)5-12(25)26;4-1-3(6)2-5/h7-10,14H,3-6,19H2,1-2H3,(H,20,29)(H,21,31)(H,22,30)(H,23,24)(H,25,26)(H,27,28)(H,32,33);1-2H2/t8-,9-,10-,14-;/m0./s1. The van der Waals surface area contributed by atoms with E-state index < -0.39 is 116 Å². The van der Waals surface area contributed by atoms with Gasteiger partial charge in [-0.1, -0.05) is 13.8 Å². The zero-order valence-corrected chi connectivity index (χ0v) is 21.0. The van der Waals surface area contributed by atoms with Crippen LogP contribution in [-0.2, 0) is 38.4 Å². The monoisotopic (exact) mass is 570 g/mol. The van der Waals surface area contributed by atoms with Crippen molar-refractivity contribution in [1.29, 1.82) is 0 Å². The van der Waals surface area contributed by atoms with Gasteiger partial charge in [0.2, 0.25) is 17.7 Å². The van der Waals surface area contributed by atoms with E-state index in [4.69, 9.17) is 26.2 Å². The van der Waals surface area contributed by atoms with Gasteiger partial charge < -0.3 is 42.1 Å². The summed E-state index contributed by atoms with van der Waals surface area (Å²) < 4.78 is 21.6. The van der Waals surface area contributed by atoms with Crippen molar-refractivity contribution in [2.45, 2.75) is 63.7 Å². The second-order valence-electron chi connectivity index (χ2n) is 8.23. The molecule has 39 heavy (non-hydrogen) atoms. The highest BCUT2D eigenvalue weighted by molar-refractivity contribution is 5.95. The number of carboxylic acid groups (broad SMARTS) is 4. The highest BCUT2D eigenvalue weighted by Crippen LogP contribution is 2.07. The maximum atomic E-state index is 12.7. The van der Waals surface area contributed by atoms with Crippen molar-refractivity contribution in [2.24, 2.45) is 11.7 Å². The Balaban J connectivity index is 0. The van der Waals surface area contributed by atoms with E-state index in [2.05, 4.69) is 10.6 Å². The molecule has 0 saturated heterocycles. The molecule has 4 atom stereocenters. The van der Waals surface area contributed by atoms with Crippen LogP contribution in [0.5, 0.6) is 0 Å². The van der Waals surface area contributed by atoms with Crippen LogP contribution in [0.1, 0.15) is 39.5 Å². The third-order valence-corrected chi connectivity index (χ3v) is 4.55. The number of carbonyl (C=O) groups is 8. The number of alkyl halides is 2. The van der Waals surface area contributed by atoms with E-state index >= 15 is 0 Å². The van der Waals surface area contributed by atoms with Gasteiger partial charge in [-0.3, -0.25) is 33.6 Å². The summed E-state index contributed by atoms with van der Waals surface area (Å²) in [6, 6.07) is -6.18. The molecule has 0 saturated carbocycles. The molecular formula is C21H32F2N4O12. The first-order valence-electron chi connectivity index (χ1n) is 11.1. The summed E-state index contributed by atoms with van der Waals surface area (Å²) in [7, 11) is 0. The first-order valence-corrected chi connectivity index (χ1v) is 11.1. The van der Waals surface area contributed by atoms with E-state index in [0.29, 0.717) is 0 Å². The molecule has 0 aliphatic carbocycles. The van der Waals surface area contributed by atoms with Crippen molar-refractivity contribution in [3.63, 3.8) is 0 Å². The van der Waals surface area contributed by atoms with E-state index in [-0.39, 0.29) is 0 Å². The minimum atomic E-state index is -1.77. The van der Waals surface area contributed by atoms with Gasteiger partial charge in [0.25, 0.3) is 0 Å². The SMILES string of the molecule is CC(C)[C@H](NC(=O)[C@H](CCC(=O)O)NC(=O)[C@@H](N)CC(=O)O)C(=O)N[C@@H](CC(=O)O)C(=O)O.O=C(CF)CF. The summed E-state index contributed by atoms with van der Waals surface area (Å²) in [5.74, 6) is -10.5. The second kappa shape index (κ2) is 18.9. The number of aliphatic carboxylic acids is 4. The average molecular weight is 570 g/mol. The fourth-order valence-corrected chi connectivity index (χ4v) is 2.56. The van der Waals surface area contributed by atoms with Crippen LogP contribution in [0.3, 0.4) is 0 Å². The van der Waals surface area contributed by atoms with E-state index in [9.17, 15) is 47.1 Å². The van der Waals surface area contributed by atoms with Crippen molar-refractivity contribution in [3.05, 3.63) is 0 Å². The van der Waals surface area contributed by atoms with Gasteiger partial charge in [0.05, 0.1) is 18.9 Å². The summed E-state index contributed by atoms with van der Waals surface area (Å²) >= 11 is 0. The summed E-state index contributed by atoms with van der Waals surface area (Å²) in [5, 5.41) is 41.9. The Morgan fingerprint density at radius 1 is 0.692 bits per heavy atom. The largest absolute Gasteiger partial charge is 0.481 e. The first kappa shape index (κ1) is 36.9. The Kier molecular flexibility index (Phi) is 17.9. The molecule has 3 amide bonds. The normalized spacial score (nSPS) is 13.4. The number of hydrogen-bond donors (Lipinski definition) is 8. The number of ketones is 1. The first-order chi connectivity index (χ1) is 18.0. The summed E-state index contributed by atoms with van der Waals surface area (Å²) in [5.41, 5.74) is 5.43. The van der Waals surface area contributed by atoms with Gasteiger partial charge in [0, 0.05) is 6.42 Å². The van der Waals surface area contributed by atoms with Crippen LogP contribution < -0.4 is 21.7 Å². The molecule has 0 aliphatic rings. The maximum Gasteiger partial charge on any atom is 0.326 e. The molecule has 18 heteroatoms. The lowest BCUT2D eigenvalue weighted by molar-refractivity contribution is -0.147. The summed E-state index contributed by atoms with van der Waals surface area (Å²) in [4.78, 5) is 90.3. The molecule has 0 heterocycles. The number of nitrogens with one attached hydrogen (secondary N) is 3. The Bertz CT molecular complexity index is 909. The lowest BCUT2D eigenvalue weighted by atomic mass is 10.0. The fraction of sp³-hybridized carbons (Fsp3) is 0.619. The lowest BCUT2D eigenvalue weighted by Crippen LogP contribution is -2.58.